The zero-order valence-corrected chi connectivity index (χ0v) is 15.3. The number of hydrogen-bond acceptors (Lipinski definition) is 4. The molecule has 3 aromatic rings. The highest BCUT2D eigenvalue weighted by Gasteiger charge is 2.02. The third kappa shape index (κ3) is 5.54. The fraction of sp³-hybridized carbons (Fsp3) is 0. The normalized spacial score (nSPS) is 11.1. The summed E-state index contributed by atoms with van der Waals surface area (Å²) in [4.78, 5) is 26.0. The lowest BCUT2D eigenvalue weighted by Gasteiger charge is -2.06. The van der Waals surface area contributed by atoms with E-state index in [0.717, 1.165) is 9.75 Å². The van der Waals surface area contributed by atoms with E-state index in [1.165, 1.54) is 12.2 Å². The zero-order valence-electron chi connectivity index (χ0n) is 13.7. The summed E-state index contributed by atoms with van der Waals surface area (Å²) in [5, 5.41) is 9.48. The monoisotopic (exact) mass is 380 g/mol. The molecular formula is C20H16N2O2S2. The quantitative estimate of drug-likeness (QED) is 0.584. The van der Waals surface area contributed by atoms with Crippen molar-refractivity contribution in [1.29, 1.82) is 0 Å². The summed E-state index contributed by atoms with van der Waals surface area (Å²) in [5.41, 5.74) is 1.23. The van der Waals surface area contributed by atoms with Gasteiger partial charge in [0.2, 0.25) is 11.8 Å². The minimum atomic E-state index is -0.223. The molecule has 0 aliphatic carbocycles. The molecule has 4 nitrogen and oxygen atoms in total. The first-order valence-corrected chi connectivity index (χ1v) is 9.60. The number of carbonyl (C=O) groups excluding carboxylic acids is 2. The zero-order chi connectivity index (χ0) is 18.2. The van der Waals surface area contributed by atoms with Crippen LogP contribution in [0.1, 0.15) is 9.75 Å². The lowest BCUT2D eigenvalue weighted by atomic mass is 10.2. The number of hydrogen-bond donors (Lipinski definition) is 2. The van der Waals surface area contributed by atoms with Crippen molar-refractivity contribution in [2.45, 2.75) is 0 Å². The van der Waals surface area contributed by atoms with Crippen LogP contribution >= 0.6 is 22.7 Å². The number of benzene rings is 1. The third-order valence-corrected chi connectivity index (χ3v) is 4.96. The molecule has 0 aliphatic heterocycles. The molecule has 0 spiro atoms. The van der Waals surface area contributed by atoms with Crippen LogP contribution in [-0.4, -0.2) is 11.8 Å². The Morgan fingerprint density at radius 2 is 1.23 bits per heavy atom. The maximum absolute atomic E-state index is 12.0. The van der Waals surface area contributed by atoms with Crippen molar-refractivity contribution in [3.8, 4) is 0 Å². The van der Waals surface area contributed by atoms with Crippen molar-refractivity contribution < 1.29 is 9.59 Å². The molecule has 6 heteroatoms. The Kier molecular flexibility index (Phi) is 6.14. The van der Waals surface area contributed by atoms with Crippen molar-refractivity contribution in [2.75, 3.05) is 10.6 Å². The number of amides is 2. The van der Waals surface area contributed by atoms with E-state index in [1.54, 1.807) is 59.1 Å². The molecule has 0 atom stereocenters. The molecule has 26 heavy (non-hydrogen) atoms. The van der Waals surface area contributed by atoms with Gasteiger partial charge in [-0.15, -0.1) is 22.7 Å². The van der Waals surface area contributed by atoms with Gasteiger partial charge in [-0.1, -0.05) is 18.2 Å². The van der Waals surface area contributed by atoms with Crippen LogP contribution in [0.4, 0.5) is 11.4 Å². The van der Waals surface area contributed by atoms with Gasteiger partial charge in [-0.25, -0.2) is 0 Å². The molecule has 0 aliphatic rings. The average Bonchev–Trinajstić information content (AvgIpc) is 3.32. The van der Waals surface area contributed by atoms with Crippen LogP contribution in [0.5, 0.6) is 0 Å². The molecule has 2 aromatic heterocycles. The van der Waals surface area contributed by atoms with Gasteiger partial charge >= 0.3 is 0 Å². The Bertz CT molecular complexity index is 853. The average molecular weight is 380 g/mol. The van der Waals surface area contributed by atoms with E-state index in [0.29, 0.717) is 11.4 Å². The van der Waals surface area contributed by atoms with Crippen LogP contribution in [0.3, 0.4) is 0 Å². The van der Waals surface area contributed by atoms with Crippen LogP contribution in [0.25, 0.3) is 12.2 Å². The summed E-state index contributed by atoms with van der Waals surface area (Å²) in [7, 11) is 0. The van der Waals surface area contributed by atoms with Gasteiger partial charge in [0, 0.05) is 33.3 Å². The largest absolute Gasteiger partial charge is 0.322 e. The Hall–Kier alpha value is -2.96. The first kappa shape index (κ1) is 17.8. The molecule has 0 unspecified atom stereocenters. The topological polar surface area (TPSA) is 58.2 Å². The van der Waals surface area contributed by atoms with Crippen molar-refractivity contribution >= 4 is 58.0 Å². The number of carbonyl (C=O) groups is 2. The SMILES string of the molecule is O=C(C=Cc1cccs1)Nc1cccc(NC(=O)C=Cc2cccs2)c1. The highest BCUT2D eigenvalue weighted by Crippen LogP contribution is 2.16. The third-order valence-electron chi connectivity index (χ3n) is 3.28. The van der Waals surface area contributed by atoms with Gasteiger partial charge in [0.05, 0.1) is 0 Å². The lowest BCUT2D eigenvalue weighted by molar-refractivity contribution is -0.112. The second-order valence-electron chi connectivity index (χ2n) is 5.26. The molecule has 0 saturated heterocycles. The van der Waals surface area contributed by atoms with Crippen LogP contribution in [0, 0.1) is 0 Å². The van der Waals surface area contributed by atoms with Crippen molar-refractivity contribution in [3.63, 3.8) is 0 Å². The molecule has 1 aromatic carbocycles. The summed E-state index contributed by atoms with van der Waals surface area (Å²) < 4.78 is 0. The molecule has 0 radical (unpaired) electrons. The van der Waals surface area contributed by atoms with Crippen molar-refractivity contribution in [3.05, 3.63) is 81.2 Å². The van der Waals surface area contributed by atoms with Gasteiger partial charge in [0.15, 0.2) is 0 Å². The molecule has 2 heterocycles. The Balaban J connectivity index is 1.57. The van der Waals surface area contributed by atoms with E-state index >= 15 is 0 Å². The van der Waals surface area contributed by atoms with E-state index in [2.05, 4.69) is 10.6 Å². The van der Waals surface area contributed by atoms with Crippen LogP contribution in [-0.2, 0) is 9.59 Å². The summed E-state index contributed by atoms with van der Waals surface area (Å²) in [6, 6.07) is 14.8. The number of thiophene rings is 2. The first-order chi connectivity index (χ1) is 12.7. The minimum Gasteiger partial charge on any atom is -0.322 e. The maximum atomic E-state index is 12.0. The molecule has 0 saturated carbocycles. The molecule has 2 N–H and O–H groups in total. The molecule has 130 valence electrons. The Labute approximate surface area is 159 Å². The predicted octanol–water partition coefficient (Wildman–Crippen LogP) is 5.11. The van der Waals surface area contributed by atoms with Crippen molar-refractivity contribution in [1.82, 2.24) is 0 Å². The number of anilines is 2. The highest BCUT2D eigenvalue weighted by molar-refractivity contribution is 7.11. The molecule has 2 amide bonds. The standard InChI is InChI=1S/C20H16N2O2S2/c23-19(10-8-17-6-2-12-25-17)21-15-4-1-5-16(14-15)22-20(24)11-9-18-7-3-13-26-18/h1-14H,(H,21,23)(H,22,24). The van der Waals surface area contributed by atoms with Gasteiger partial charge in [-0.3, -0.25) is 9.59 Å². The van der Waals surface area contributed by atoms with Gasteiger partial charge in [-0.05, 0) is 53.2 Å². The van der Waals surface area contributed by atoms with Gasteiger partial charge < -0.3 is 10.6 Å². The second kappa shape index (κ2) is 8.94. The van der Waals surface area contributed by atoms with Gasteiger partial charge in [0.1, 0.15) is 0 Å². The maximum Gasteiger partial charge on any atom is 0.248 e. The molecule has 0 bridgehead atoms. The number of rotatable bonds is 6. The molecule has 3 rings (SSSR count). The van der Waals surface area contributed by atoms with E-state index in [4.69, 9.17) is 0 Å². The second-order valence-corrected chi connectivity index (χ2v) is 7.22. The van der Waals surface area contributed by atoms with E-state index in [9.17, 15) is 9.59 Å². The Morgan fingerprint density at radius 3 is 1.65 bits per heavy atom. The van der Waals surface area contributed by atoms with E-state index < -0.39 is 0 Å². The summed E-state index contributed by atoms with van der Waals surface area (Å²) in [6.45, 7) is 0. The summed E-state index contributed by atoms with van der Waals surface area (Å²) in [5.74, 6) is -0.445. The minimum absolute atomic E-state index is 0.223. The van der Waals surface area contributed by atoms with Crippen molar-refractivity contribution in [2.24, 2.45) is 0 Å². The Morgan fingerprint density at radius 1 is 0.731 bits per heavy atom. The summed E-state index contributed by atoms with van der Waals surface area (Å²) in [6.07, 6.45) is 6.50. The fourth-order valence-corrected chi connectivity index (χ4v) is 3.37. The number of nitrogens with one attached hydrogen (secondary N) is 2. The predicted molar refractivity (Wildman–Crippen MR) is 110 cm³/mol. The van der Waals surface area contributed by atoms with E-state index in [1.807, 2.05) is 35.0 Å². The van der Waals surface area contributed by atoms with E-state index in [-0.39, 0.29) is 11.8 Å². The summed E-state index contributed by atoms with van der Waals surface area (Å²) >= 11 is 3.13. The van der Waals surface area contributed by atoms with Crippen LogP contribution < -0.4 is 10.6 Å². The van der Waals surface area contributed by atoms with Gasteiger partial charge in [0.25, 0.3) is 0 Å². The first-order valence-electron chi connectivity index (χ1n) is 7.84. The highest BCUT2D eigenvalue weighted by atomic mass is 32.1. The van der Waals surface area contributed by atoms with Gasteiger partial charge in [-0.2, -0.15) is 0 Å². The fourth-order valence-electron chi connectivity index (χ4n) is 2.13. The molecular weight excluding hydrogens is 364 g/mol. The molecule has 0 fully saturated rings. The van der Waals surface area contributed by atoms with Crippen LogP contribution in [0.2, 0.25) is 0 Å². The lowest BCUT2D eigenvalue weighted by Crippen LogP contribution is -2.10. The smallest absolute Gasteiger partial charge is 0.248 e. The van der Waals surface area contributed by atoms with Crippen LogP contribution in [0.15, 0.2) is 71.4 Å².